The molecule has 192 valence electrons. The minimum Gasteiger partial charge on any atom is -0.478 e. The summed E-state index contributed by atoms with van der Waals surface area (Å²) >= 11 is 1.18. The first kappa shape index (κ1) is 24.7. The SMILES string of the molecule is O=C(NCc1ccc(/C=C2\Sc3c(C(=O)O)cccc3C2=O)cc1)OCC1c2ccccc2-c2ccccc21. The topological polar surface area (TPSA) is 92.7 Å². The Bertz CT molecular complexity index is 1610. The molecule has 0 atom stereocenters. The third-order valence-corrected chi connectivity index (χ3v) is 8.15. The van der Waals surface area contributed by atoms with Gasteiger partial charge in [-0.2, -0.15) is 0 Å². The van der Waals surface area contributed by atoms with Gasteiger partial charge < -0.3 is 15.2 Å². The number of allylic oxidation sites excluding steroid dienone is 1. The van der Waals surface area contributed by atoms with Gasteiger partial charge in [0.1, 0.15) is 6.61 Å². The molecule has 0 unspecified atom stereocenters. The van der Waals surface area contributed by atoms with Gasteiger partial charge in [0.2, 0.25) is 5.78 Å². The van der Waals surface area contributed by atoms with Crippen molar-refractivity contribution in [3.8, 4) is 11.1 Å². The van der Waals surface area contributed by atoms with Crippen LogP contribution in [-0.2, 0) is 11.3 Å². The number of ether oxygens (including phenoxy) is 1. The first-order valence-electron chi connectivity index (χ1n) is 12.5. The van der Waals surface area contributed by atoms with Crippen molar-refractivity contribution in [1.82, 2.24) is 5.32 Å². The van der Waals surface area contributed by atoms with Crippen LogP contribution < -0.4 is 5.32 Å². The van der Waals surface area contributed by atoms with Crippen molar-refractivity contribution in [2.24, 2.45) is 0 Å². The second-order valence-corrected chi connectivity index (χ2v) is 10.4. The van der Waals surface area contributed by atoms with Gasteiger partial charge in [0, 0.05) is 22.9 Å². The summed E-state index contributed by atoms with van der Waals surface area (Å²) in [6.45, 7) is 0.554. The number of carboxylic acid groups (broad SMARTS) is 1. The highest BCUT2D eigenvalue weighted by molar-refractivity contribution is 8.05. The Labute approximate surface area is 229 Å². The van der Waals surface area contributed by atoms with Gasteiger partial charge in [-0.1, -0.05) is 90.6 Å². The second kappa shape index (κ2) is 10.3. The standard InChI is InChI=1S/C32H23NO5S/c34-29-25-10-5-11-26(31(35)36)30(25)39-28(29)16-19-12-14-20(15-13-19)17-33-32(37)38-18-27-23-8-3-1-6-21(23)22-7-2-4-9-24(22)27/h1-16,27H,17-18H2,(H,33,37)(H,35,36)/b28-16-. The average Bonchev–Trinajstić information content (AvgIpc) is 3.45. The Morgan fingerprint density at radius 2 is 1.49 bits per heavy atom. The maximum Gasteiger partial charge on any atom is 0.407 e. The molecule has 0 bridgehead atoms. The molecule has 1 aliphatic heterocycles. The summed E-state index contributed by atoms with van der Waals surface area (Å²) in [5, 5.41) is 12.2. The van der Waals surface area contributed by atoms with E-state index in [9.17, 15) is 19.5 Å². The molecule has 0 fully saturated rings. The number of hydrogen-bond donors (Lipinski definition) is 2. The molecule has 2 aliphatic rings. The lowest BCUT2D eigenvalue weighted by Crippen LogP contribution is -2.25. The highest BCUT2D eigenvalue weighted by atomic mass is 32.2. The molecule has 0 spiro atoms. The highest BCUT2D eigenvalue weighted by Crippen LogP contribution is 2.45. The van der Waals surface area contributed by atoms with E-state index in [2.05, 4.69) is 29.6 Å². The first-order valence-corrected chi connectivity index (χ1v) is 13.3. The number of amides is 1. The lowest BCUT2D eigenvalue weighted by molar-refractivity contribution is 0.0693. The fourth-order valence-electron chi connectivity index (χ4n) is 5.08. The molecule has 1 heterocycles. The van der Waals surface area contributed by atoms with E-state index in [1.54, 1.807) is 18.2 Å². The molecule has 2 N–H and O–H groups in total. The molecule has 4 aromatic rings. The molecular formula is C32H23NO5S. The van der Waals surface area contributed by atoms with E-state index >= 15 is 0 Å². The van der Waals surface area contributed by atoms with Crippen molar-refractivity contribution in [2.45, 2.75) is 17.4 Å². The number of benzene rings is 4. The van der Waals surface area contributed by atoms with Crippen LogP contribution >= 0.6 is 11.8 Å². The van der Waals surface area contributed by atoms with Crippen LogP contribution in [0.15, 0.2) is 101 Å². The van der Waals surface area contributed by atoms with Crippen LogP contribution in [0.2, 0.25) is 0 Å². The molecular weight excluding hydrogens is 510 g/mol. The van der Waals surface area contributed by atoms with E-state index in [-0.39, 0.29) is 23.9 Å². The maximum absolute atomic E-state index is 12.8. The minimum absolute atomic E-state index is 0.00403. The zero-order valence-electron chi connectivity index (χ0n) is 20.7. The third kappa shape index (κ3) is 4.73. The van der Waals surface area contributed by atoms with E-state index in [4.69, 9.17) is 4.74 Å². The fourth-order valence-corrected chi connectivity index (χ4v) is 6.24. The van der Waals surface area contributed by atoms with Crippen LogP contribution in [0.3, 0.4) is 0 Å². The predicted octanol–water partition coefficient (Wildman–Crippen LogP) is 6.75. The van der Waals surface area contributed by atoms with Gasteiger partial charge in [0.15, 0.2) is 0 Å². The minimum atomic E-state index is -1.05. The highest BCUT2D eigenvalue weighted by Gasteiger charge is 2.30. The molecule has 6 rings (SSSR count). The number of carbonyl (C=O) groups excluding carboxylic acids is 2. The Hall–Kier alpha value is -4.62. The summed E-state index contributed by atoms with van der Waals surface area (Å²) in [5.74, 6) is -1.23. The molecule has 0 saturated carbocycles. The van der Waals surface area contributed by atoms with E-state index < -0.39 is 12.1 Å². The molecule has 0 aromatic heterocycles. The van der Waals surface area contributed by atoms with E-state index in [1.807, 2.05) is 48.5 Å². The van der Waals surface area contributed by atoms with Crippen LogP contribution in [0.25, 0.3) is 17.2 Å². The van der Waals surface area contributed by atoms with Crippen molar-refractivity contribution in [3.05, 3.63) is 129 Å². The second-order valence-electron chi connectivity index (χ2n) is 9.35. The third-order valence-electron chi connectivity index (χ3n) is 6.98. The van der Waals surface area contributed by atoms with Gasteiger partial charge in [-0.3, -0.25) is 4.79 Å². The zero-order valence-corrected chi connectivity index (χ0v) is 21.5. The number of aromatic carboxylic acids is 1. The molecule has 4 aromatic carbocycles. The number of rotatable bonds is 6. The van der Waals surface area contributed by atoms with E-state index in [0.717, 1.165) is 22.3 Å². The number of nitrogens with one attached hydrogen (secondary N) is 1. The lowest BCUT2D eigenvalue weighted by Gasteiger charge is -2.14. The van der Waals surface area contributed by atoms with Gasteiger partial charge in [-0.15, -0.1) is 0 Å². The Morgan fingerprint density at radius 1 is 0.846 bits per heavy atom. The Morgan fingerprint density at radius 3 is 2.15 bits per heavy atom. The van der Waals surface area contributed by atoms with Crippen LogP contribution in [0, 0.1) is 0 Å². The van der Waals surface area contributed by atoms with Crippen molar-refractivity contribution >= 4 is 35.7 Å². The van der Waals surface area contributed by atoms with E-state index in [1.165, 1.54) is 29.0 Å². The quantitative estimate of drug-likeness (QED) is 0.266. The van der Waals surface area contributed by atoms with Crippen molar-refractivity contribution in [3.63, 3.8) is 0 Å². The van der Waals surface area contributed by atoms with Crippen LogP contribution in [-0.4, -0.2) is 29.6 Å². The summed E-state index contributed by atoms with van der Waals surface area (Å²) in [5.41, 5.74) is 6.92. The smallest absolute Gasteiger partial charge is 0.407 e. The largest absolute Gasteiger partial charge is 0.478 e. The number of Topliss-reactive ketones (excluding diaryl/α,β-unsaturated/α-hetero) is 1. The molecule has 7 heteroatoms. The summed E-state index contributed by atoms with van der Waals surface area (Å²) in [7, 11) is 0. The summed E-state index contributed by atoms with van der Waals surface area (Å²) in [6.07, 6.45) is 1.27. The Kier molecular flexibility index (Phi) is 6.50. The van der Waals surface area contributed by atoms with Gasteiger partial charge >= 0.3 is 12.1 Å². The van der Waals surface area contributed by atoms with Gasteiger partial charge in [-0.05, 0) is 51.6 Å². The summed E-state index contributed by atoms with van der Waals surface area (Å²) in [6, 6.07) is 28.6. The lowest BCUT2D eigenvalue weighted by atomic mass is 9.98. The van der Waals surface area contributed by atoms with Gasteiger partial charge in [0.05, 0.1) is 10.5 Å². The Balaban J connectivity index is 1.06. The molecule has 0 saturated heterocycles. The van der Waals surface area contributed by atoms with Crippen molar-refractivity contribution in [1.29, 1.82) is 0 Å². The summed E-state index contributed by atoms with van der Waals surface area (Å²) in [4.78, 5) is 37.7. The number of thioether (sulfide) groups is 1. The van der Waals surface area contributed by atoms with Gasteiger partial charge in [0.25, 0.3) is 0 Å². The average molecular weight is 534 g/mol. The predicted molar refractivity (Wildman–Crippen MR) is 150 cm³/mol. The van der Waals surface area contributed by atoms with Crippen LogP contribution in [0.5, 0.6) is 0 Å². The first-order chi connectivity index (χ1) is 19.0. The van der Waals surface area contributed by atoms with E-state index in [0.29, 0.717) is 21.9 Å². The molecule has 39 heavy (non-hydrogen) atoms. The number of ketones is 1. The fraction of sp³-hybridized carbons (Fsp3) is 0.0938. The number of carbonyl (C=O) groups is 3. The maximum atomic E-state index is 12.8. The summed E-state index contributed by atoms with van der Waals surface area (Å²) < 4.78 is 5.60. The zero-order chi connectivity index (χ0) is 26.9. The molecule has 0 radical (unpaired) electrons. The molecule has 1 aliphatic carbocycles. The molecule has 6 nitrogen and oxygen atoms in total. The normalized spacial score (nSPS) is 14.6. The number of hydrogen-bond acceptors (Lipinski definition) is 5. The van der Waals surface area contributed by atoms with Gasteiger partial charge in [-0.25, -0.2) is 9.59 Å². The molecule has 1 amide bonds. The van der Waals surface area contributed by atoms with Crippen molar-refractivity contribution in [2.75, 3.05) is 6.61 Å². The van der Waals surface area contributed by atoms with Crippen LogP contribution in [0.4, 0.5) is 4.79 Å². The number of carboxylic acids is 1. The number of fused-ring (bicyclic) bond motifs is 4. The van der Waals surface area contributed by atoms with Crippen LogP contribution in [0.1, 0.15) is 48.9 Å². The number of alkyl carbamates (subject to hydrolysis) is 1. The monoisotopic (exact) mass is 533 g/mol. The van der Waals surface area contributed by atoms with Crippen molar-refractivity contribution < 1.29 is 24.2 Å².